The number of hydrogen-bond donors (Lipinski definition) is 1. The molecule has 0 bridgehead atoms. The molecule has 3 aliphatic rings. The van der Waals surface area contributed by atoms with Gasteiger partial charge in [0.25, 0.3) is 5.91 Å². The molecule has 7 nitrogen and oxygen atoms in total. The molecule has 2 aromatic carbocycles. The Morgan fingerprint density at radius 3 is 2.58 bits per heavy atom. The number of anilines is 3. The second-order valence-corrected chi connectivity index (χ2v) is 11.6. The van der Waals surface area contributed by atoms with Crippen molar-refractivity contribution in [3.05, 3.63) is 64.7 Å². The van der Waals surface area contributed by atoms with E-state index in [1.54, 1.807) is 11.3 Å². The van der Waals surface area contributed by atoms with E-state index in [-0.39, 0.29) is 5.91 Å². The summed E-state index contributed by atoms with van der Waals surface area (Å²) in [6, 6.07) is 14.7. The fourth-order valence-corrected chi connectivity index (χ4v) is 6.99. The van der Waals surface area contributed by atoms with Gasteiger partial charge >= 0.3 is 0 Å². The molecule has 0 atom stereocenters. The molecule has 0 radical (unpaired) electrons. The second-order valence-electron chi connectivity index (χ2n) is 9.56. The van der Waals surface area contributed by atoms with E-state index < -0.39 is 0 Å². The predicted octanol–water partition coefficient (Wildman–Crippen LogP) is 3.89. The molecule has 2 fully saturated rings. The Hall–Kier alpha value is -2.59. The van der Waals surface area contributed by atoms with Crippen molar-refractivity contribution in [1.82, 2.24) is 14.6 Å². The van der Waals surface area contributed by atoms with Crippen molar-refractivity contribution in [3.63, 3.8) is 0 Å². The van der Waals surface area contributed by atoms with Crippen LogP contribution in [0.25, 0.3) is 0 Å². The molecule has 3 aromatic rings. The van der Waals surface area contributed by atoms with E-state index in [0.717, 1.165) is 93.1 Å². The van der Waals surface area contributed by atoms with Gasteiger partial charge in [0.15, 0.2) is 5.13 Å². The molecule has 0 unspecified atom stereocenters. The van der Waals surface area contributed by atoms with Crippen molar-refractivity contribution in [2.75, 3.05) is 73.6 Å². The lowest BCUT2D eigenvalue weighted by Gasteiger charge is -2.33. The maximum absolute atomic E-state index is 13.5. The molecule has 2 saturated heterocycles. The summed E-state index contributed by atoms with van der Waals surface area (Å²) in [5.74, 6) is 0.0969. The zero-order chi connectivity index (χ0) is 24.5. The van der Waals surface area contributed by atoms with Crippen LogP contribution in [0.5, 0.6) is 0 Å². The van der Waals surface area contributed by atoms with Crippen LogP contribution in [0.1, 0.15) is 21.6 Å². The first-order valence-corrected chi connectivity index (χ1v) is 14.4. The van der Waals surface area contributed by atoms with Crippen molar-refractivity contribution in [2.24, 2.45) is 0 Å². The number of nitrogens with zero attached hydrogens (tertiary/aromatic N) is 5. The first kappa shape index (κ1) is 23.8. The number of aryl methyl sites for hydroxylation is 1. The number of carbonyl (C=O) groups excluding carboxylic acids is 1. The number of nitrogens with one attached hydrogen (secondary N) is 1. The van der Waals surface area contributed by atoms with Crippen molar-refractivity contribution in [2.45, 2.75) is 18.2 Å². The summed E-state index contributed by atoms with van der Waals surface area (Å²) in [5, 5.41) is 6.65. The molecule has 0 spiro atoms. The Kier molecular flexibility index (Phi) is 6.88. The van der Waals surface area contributed by atoms with Gasteiger partial charge < -0.3 is 20.0 Å². The van der Waals surface area contributed by atoms with Crippen molar-refractivity contribution in [1.29, 1.82) is 0 Å². The topological polar surface area (TPSA) is 55.0 Å². The molecule has 4 heterocycles. The zero-order valence-corrected chi connectivity index (χ0v) is 22.3. The standard InChI is InChI=1S/C27H32N6OS2/c1-20-19-35-27(29-20)31-13-15-32(16-14-31)36-24-5-6-25-21(18-24)7-10-33(25)26(34)22-3-2-4-23(17-22)30-11-8-28-9-12-30/h2-6,17-19,28H,7-16H2,1H3. The van der Waals surface area contributed by atoms with E-state index in [4.69, 9.17) is 0 Å². The van der Waals surface area contributed by atoms with Gasteiger partial charge in [0.2, 0.25) is 0 Å². The molecule has 6 rings (SSSR count). The summed E-state index contributed by atoms with van der Waals surface area (Å²) < 4.78 is 2.44. The van der Waals surface area contributed by atoms with Gasteiger partial charge in [0.05, 0.1) is 5.69 Å². The molecule has 9 heteroatoms. The maximum Gasteiger partial charge on any atom is 0.258 e. The van der Waals surface area contributed by atoms with Crippen molar-refractivity contribution >= 4 is 45.7 Å². The highest BCUT2D eigenvalue weighted by molar-refractivity contribution is 7.97. The molecule has 1 amide bonds. The lowest BCUT2D eigenvalue weighted by atomic mass is 10.1. The summed E-state index contributed by atoms with van der Waals surface area (Å²) in [4.78, 5) is 26.1. The zero-order valence-electron chi connectivity index (χ0n) is 20.7. The first-order valence-electron chi connectivity index (χ1n) is 12.7. The molecule has 0 saturated carbocycles. The van der Waals surface area contributed by atoms with Crippen molar-refractivity contribution in [3.8, 4) is 0 Å². The fraction of sp³-hybridized carbons (Fsp3) is 0.407. The van der Waals surface area contributed by atoms with Crippen LogP contribution in [0.4, 0.5) is 16.5 Å². The monoisotopic (exact) mass is 520 g/mol. The van der Waals surface area contributed by atoms with Crippen LogP contribution < -0.4 is 20.0 Å². The van der Waals surface area contributed by atoms with Crippen LogP contribution in [-0.2, 0) is 6.42 Å². The molecule has 188 valence electrons. The van der Waals surface area contributed by atoms with Crippen LogP contribution in [0.3, 0.4) is 0 Å². The maximum atomic E-state index is 13.5. The highest BCUT2D eigenvalue weighted by atomic mass is 32.2. The van der Waals surface area contributed by atoms with Gasteiger partial charge in [-0.2, -0.15) is 0 Å². The summed E-state index contributed by atoms with van der Waals surface area (Å²) in [5.41, 5.74) is 5.33. The summed E-state index contributed by atoms with van der Waals surface area (Å²) in [7, 11) is 0. The molecular weight excluding hydrogens is 488 g/mol. The predicted molar refractivity (Wildman–Crippen MR) is 150 cm³/mol. The first-order chi connectivity index (χ1) is 17.6. The van der Waals surface area contributed by atoms with Crippen LogP contribution >= 0.6 is 23.3 Å². The Labute approximate surface area is 221 Å². The third-order valence-corrected chi connectivity index (χ3v) is 9.22. The van der Waals surface area contributed by atoms with Crippen molar-refractivity contribution < 1.29 is 4.79 Å². The van der Waals surface area contributed by atoms with E-state index >= 15 is 0 Å². The van der Waals surface area contributed by atoms with Gasteiger partial charge in [-0.25, -0.2) is 9.29 Å². The van der Waals surface area contributed by atoms with Gasteiger partial charge in [-0.15, -0.1) is 11.3 Å². The third kappa shape index (κ3) is 4.98. The number of amides is 1. The number of benzene rings is 2. The highest BCUT2D eigenvalue weighted by Gasteiger charge is 2.27. The van der Waals surface area contributed by atoms with E-state index in [1.165, 1.54) is 10.5 Å². The van der Waals surface area contributed by atoms with E-state index in [0.29, 0.717) is 0 Å². The Morgan fingerprint density at radius 2 is 1.81 bits per heavy atom. The molecular formula is C27H32N6OS2. The largest absolute Gasteiger partial charge is 0.369 e. The Bertz CT molecular complexity index is 1230. The minimum atomic E-state index is 0.0969. The normalized spacial score (nSPS) is 18.5. The number of thiazole rings is 1. The lowest BCUT2D eigenvalue weighted by Crippen LogP contribution is -2.43. The van der Waals surface area contributed by atoms with E-state index in [1.807, 2.05) is 29.0 Å². The Morgan fingerprint density at radius 1 is 0.972 bits per heavy atom. The smallest absolute Gasteiger partial charge is 0.258 e. The lowest BCUT2D eigenvalue weighted by molar-refractivity contribution is 0.0989. The van der Waals surface area contributed by atoms with Crippen LogP contribution in [0.15, 0.2) is 52.7 Å². The minimum Gasteiger partial charge on any atom is -0.369 e. The highest BCUT2D eigenvalue weighted by Crippen LogP contribution is 2.35. The third-order valence-electron chi connectivity index (χ3n) is 7.12. The number of hydrogen-bond acceptors (Lipinski definition) is 8. The van der Waals surface area contributed by atoms with Crippen LogP contribution in [-0.4, -0.2) is 74.1 Å². The number of piperazine rings is 2. The summed E-state index contributed by atoms with van der Waals surface area (Å²) in [6.07, 6.45) is 0.907. The average Bonchev–Trinajstić information content (AvgIpc) is 3.55. The molecule has 3 aliphatic heterocycles. The average molecular weight is 521 g/mol. The second kappa shape index (κ2) is 10.4. The summed E-state index contributed by atoms with van der Waals surface area (Å²) in [6.45, 7) is 10.7. The summed E-state index contributed by atoms with van der Waals surface area (Å²) >= 11 is 3.57. The molecule has 0 aliphatic carbocycles. The van der Waals surface area contributed by atoms with Gasteiger partial charge in [0, 0.05) is 86.1 Å². The van der Waals surface area contributed by atoms with Crippen LogP contribution in [0, 0.1) is 6.92 Å². The number of carbonyl (C=O) groups is 1. The molecule has 1 aromatic heterocycles. The van der Waals surface area contributed by atoms with E-state index in [9.17, 15) is 4.79 Å². The minimum absolute atomic E-state index is 0.0969. The van der Waals surface area contributed by atoms with Crippen LogP contribution in [0.2, 0.25) is 0 Å². The van der Waals surface area contributed by atoms with Gasteiger partial charge in [-0.05, 0) is 67.3 Å². The molecule has 1 N–H and O–H groups in total. The quantitative estimate of drug-likeness (QED) is 0.512. The number of aromatic nitrogens is 1. The van der Waals surface area contributed by atoms with E-state index in [2.05, 4.69) is 67.0 Å². The molecule has 36 heavy (non-hydrogen) atoms. The fourth-order valence-electron chi connectivity index (χ4n) is 5.17. The number of fused-ring (bicyclic) bond motifs is 1. The SMILES string of the molecule is Cc1csc(N2CCN(Sc3ccc4c(c3)CCN4C(=O)c3cccc(N4CCNCC4)c3)CC2)n1. The van der Waals surface area contributed by atoms with Gasteiger partial charge in [-0.1, -0.05) is 6.07 Å². The van der Waals surface area contributed by atoms with Gasteiger partial charge in [-0.3, -0.25) is 4.79 Å². The number of rotatable bonds is 5. The Balaban J connectivity index is 1.10. The van der Waals surface area contributed by atoms with Gasteiger partial charge in [0.1, 0.15) is 0 Å².